The summed E-state index contributed by atoms with van der Waals surface area (Å²) in [5.74, 6) is -0.288. The fourth-order valence-corrected chi connectivity index (χ4v) is 2.43. The lowest BCUT2D eigenvalue weighted by Crippen LogP contribution is -1.95. The topological polar surface area (TPSA) is 35.8 Å². The molecule has 0 aliphatic carbocycles. The molecule has 0 spiro atoms. The lowest BCUT2D eigenvalue weighted by atomic mass is 10.1. The Morgan fingerprint density at radius 3 is 2.53 bits per heavy atom. The van der Waals surface area contributed by atoms with Gasteiger partial charge >= 0.3 is 0 Å². The highest BCUT2D eigenvalue weighted by molar-refractivity contribution is 9.10. The number of nitrogens with zero attached hydrogens (tertiary/aromatic N) is 1. The predicted octanol–water partition coefficient (Wildman–Crippen LogP) is 5.27. The number of hydrogen-bond donors (Lipinski definition) is 1. The number of rotatable bonds is 2. The van der Waals surface area contributed by atoms with Gasteiger partial charge in [0.1, 0.15) is 11.9 Å². The zero-order chi connectivity index (χ0) is 14.0. The average Bonchev–Trinajstić information content (AvgIpc) is 2.36. The number of hydrogen-bond acceptors (Lipinski definition) is 2. The molecule has 0 unspecified atom stereocenters. The van der Waals surface area contributed by atoms with Crippen LogP contribution in [0.2, 0.25) is 0 Å². The molecule has 2 rings (SSSR count). The number of anilines is 2. The third-order valence-corrected chi connectivity index (χ3v) is 3.90. The van der Waals surface area contributed by atoms with Crippen molar-refractivity contribution in [1.82, 2.24) is 0 Å². The van der Waals surface area contributed by atoms with Crippen molar-refractivity contribution in [2.24, 2.45) is 0 Å². The molecule has 0 aliphatic heterocycles. The Morgan fingerprint density at radius 1 is 1.16 bits per heavy atom. The minimum atomic E-state index is -0.288. The first-order valence-corrected chi connectivity index (χ1v) is 7.02. The summed E-state index contributed by atoms with van der Waals surface area (Å²) < 4.78 is 14.5. The number of aryl methyl sites for hydroxylation is 1. The van der Waals surface area contributed by atoms with Crippen molar-refractivity contribution in [2.45, 2.75) is 6.92 Å². The fraction of sp³-hybridized carbons (Fsp3) is 0.0714. The first kappa shape index (κ1) is 14.0. The molecule has 96 valence electrons. The Morgan fingerprint density at radius 2 is 1.89 bits per heavy atom. The molecule has 1 N–H and O–H groups in total. The largest absolute Gasteiger partial charge is 0.355 e. The molecule has 0 saturated heterocycles. The van der Waals surface area contributed by atoms with Crippen LogP contribution in [0.1, 0.15) is 11.1 Å². The van der Waals surface area contributed by atoms with Crippen molar-refractivity contribution in [3.8, 4) is 6.07 Å². The van der Waals surface area contributed by atoms with Crippen LogP contribution in [0.4, 0.5) is 15.8 Å². The highest BCUT2D eigenvalue weighted by Crippen LogP contribution is 2.28. The smallest absolute Gasteiger partial charge is 0.137 e. The third-order valence-electron chi connectivity index (χ3n) is 2.64. The molecule has 0 saturated carbocycles. The van der Waals surface area contributed by atoms with Crippen LogP contribution in [0.15, 0.2) is 39.3 Å². The summed E-state index contributed by atoms with van der Waals surface area (Å²) in [7, 11) is 0. The standard InChI is InChI=1S/C14H9Br2FN2/c1-8-4-13(17)12(16)6-14(8)19-10-3-2-9(7-18)11(15)5-10/h2-6,19H,1H3. The van der Waals surface area contributed by atoms with E-state index in [0.717, 1.165) is 21.4 Å². The SMILES string of the molecule is Cc1cc(F)c(Br)cc1Nc1ccc(C#N)c(Br)c1. The van der Waals surface area contributed by atoms with Gasteiger partial charge < -0.3 is 5.32 Å². The first-order chi connectivity index (χ1) is 9.01. The third kappa shape index (κ3) is 3.14. The van der Waals surface area contributed by atoms with Gasteiger partial charge in [0.25, 0.3) is 0 Å². The summed E-state index contributed by atoms with van der Waals surface area (Å²) in [5.41, 5.74) is 3.01. The molecule has 0 aromatic heterocycles. The molecule has 0 atom stereocenters. The Hall–Kier alpha value is -1.38. The quantitative estimate of drug-likeness (QED) is 0.766. The summed E-state index contributed by atoms with van der Waals surface area (Å²) in [6, 6.07) is 10.6. The molecule has 0 radical (unpaired) electrons. The molecule has 5 heteroatoms. The number of halogens is 3. The Balaban J connectivity index is 2.34. The summed E-state index contributed by atoms with van der Waals surface area (Å²) in [6.45, 7) is 1.83. The average molecular weight is 384 g/mol. The second kappa shape index (κ2) is 5.72. The van der Waals surface area contributed by atoms with Gasteiger partial charge in [0.15, 0.2) is 0 Å². The molecule has 2 aromatic carbocycles. The van der Waals surface area contributed by atoms with E-state index in [1.165, 1.54) is 6.07 Å². The van der Waals surface area contributed by atoms with Gasteiger partial charge in [0, 0.05) is 15.8 Å². The zero-order valence-corrected chi connectivity index (χ0v) is 13.1. The molecule has 0 aliphatic rings. The Bertz CT molecular complexity index is 678. The maximum atomic E-state index is 13.3. The van der Waals surface area contributed by atoms with E-state index in [1.54, 1.807) is 18.2 Å². The maximum absolute atomic E-state index is 13.3. The summed E-state index contributed by atoms with van der Waals surface area (Å²) in [6.07, 6.45) is 0. The van der Waals surface area contributed by atoms with Gasteiger partial charge in [-0.25, -0.2) is 4.39 Å². The van der Waals surface area contributed by atoms with Crippen LogP contribution in [0.3, 0.4) is 0 Å². The van der Waals surface area contributed by atoms with Gasteiger partial charge in [-0.2, -0.15) is 5.26 Å². The van der Waals surface area contributed by atoms with E-state index in [2.05, 4.69) is 43.2 Å². The highest BCUT2D eigenvalue weighted by Gasteiger charge is 2.06. The van der Waals surface area contributed by atoms with Crippen molar-refractivity contribution in [3.63, 3.8) is 0 Å². The molecular formula is C14H9Br2FN2. The lowest BCUT2D eigenvalue weighted by molar-refractivity contribution is 0.620. The van der Waals surface area contributed by atoms with Crippen molar-refractivity contribution in [2.75, 3.05) is 5.32 Å². The predicted molar refractivity (Wildman–Crippen MR) is 81.0 cm³/mol. The molecule has 0 bridgehead atoms. The van der Waals surface area contributed by atoms with Gasteiger partial charge in [0.05, 0.1) is 10.0 Å². The van der Waals surface area contributed by atoms with Gasteiger partial charge in [-0.15, -0.1) is 0 Å². The Kier molecular flexibility index (Phi) is 4.23. The van der Waals surface area contributed by atoms with Crippen LogP contribution in [-0.4, -0.2) is 0 Å². The van der Waals surface area contributed by atoms with E-state index in [-0.39, 0.29) is 5.82 Å². The second-order valence-electron chi connectivity index (χ2n) is 4.01. The van der Waals surface area contributed by atoms with E-state index in [0.29, 0.717) is 10.0 Å². The fourth-order valence-electron chi connectivity index (χ4n) is 1.62. The van der Waals surface area contributed by atoms with Crippen molar-refractivity contribution < 1.29 is 4.39 Å². The van der Waals surface area contributed by atoms with Gasteiger partial charge in [-0.1, -0.05) is 0 Å². The van der Waals surface area contributed by atoms with Crippen LogP contribution in [-0.2, 0) is 0 Å². The number of nitriles is 1. The minimum absolute atomic E-state index is 0.288. The minimum Gasteiger partial charge on any atom is -0.355 e. The molecule has 0 heterocycles. The van der Waals surface area contributed by atoms with Crippen LogP contribution in [0, 0.1) is 24.1 Å². The van der Waals surface area contributed by atoms with Crippen molar-refractivity contribution in [3.05, 3.63) is 56.2 Å². The summed E-state index contributed by atoms with van der Waals surface area (Å²) >= 11 is 6.50. The molecule has 2 aromatic rings. The molecule has 0 fully saturated rings. The van der Waals surface area contributed by atoms with Crippen molar-refractivity contribution in [1.29, 1.82) is 5.26 Å². The van der Waals surface area contributed by atoms with Gasteiger partial charge in [0.2, 0.25) is 0 Å². The van der Waals surface area contributed by atoms with E-state index in [1.807, 2.05) is 13.0 Å². The van der Waals surface area contributed by atoms with Gasteiger partial charge in [-0.05, 0) is 74.7 Å². The summed E-state index contributed by atoms with van der Waals surface area (Å²) in [4.78, 5) is 0. The highest BCUT2D eigenvalue weighted by atomic mass is 79.9. The Labute approximate surface area is 127 Å². The van der Waals surface area contributed by atoms with Crippen LogP contribution in [0.5, 0.6) is 0 Å². The lowest BCUT2D eigenvalue weighted by Gasteiger charge is -2.11. The monoisotopic (exact) mass is 382 g/mol. The van der Waals surface area contributed by atoms with E-state index >= 15 is 0 Å². The first-order valence-electron chi connectivity index (χ1n) is 5.43. The van der Waals surface area contributed by atoms with E-state index in [4.69, 9.17) is 5.26 Å². The van der Waals surface area contributed by atoms with Gasteiger partial charge in [-0.3, -0.25) is 0 Å². The van der Waals surface area contributed by atoms with E-state index < -0.39 is 0 Å². The number of benzene rings is 2. The van der Waals surface area contributed by atoms with Crippen LogP contribution in [0.25, 0.3) is 0 Å². The van der Waals surface area contributed by atoms with E-state index in [9.17, 15) is 4.39 Å². The van der Waals surface area contributed by atoms with Crippen LogP contribution >= 0.6 is 31.9 Å². The second-order valence-corrected chi connectivity index (χ2v) is 5.72. The molecule has 0 amide bonds. The molecule has 2 nitrogen and oxygen atoms in total. The molecule has 19 heavy (non-hydrogen) atoms. The summed E-state index contributed by atoms with van der Waals surface area (Å²) in [5, 5.41) is 12.1. The normalized spacial score (nSPS) is 10.1. The number of nitrogens with one attached hydrogen (secondary N) is 1. The van der Waals surface area contributed by atoms with Crippen LogP contribution < -0.4 is 5.32 Å². The maximum Gasteiger partial charge on any atom is 0.137 e. The van der Waals surface area contributed by atoms with Crippen molar-refractivity contribution >= 4 is 43.2 Å². The zero-order valence-electron chi connectivity index (χ0n) is 9.97. The molecular weight excluding hydrogens is 375 g/mol.